The summed E-state index contributed by atoms with van der Waals surface area (Å²) < 4.78 is 5.62. The van der Waals surface area contributed by atoms with Crippen molar-refractivity contribution >= 4 is 5.69 Å². The SMILES string of the molecule is Cc1ccnc(Oc2cc(N)c(C)cc2C)n1. The van der Waals surface area contributed by atoms with E-state index in [1.165, 1.54) is 0 Å². The van der Waals surface area contributed by atoms with Crippen LogP contribution in [0, 0.1) is 20.8 Å². The molecule has 0 aliphatic rings. The van der Waals surface area contributed by atoms with Gasteiger partial charge in [0.25, 0.3) is 0 Å². The van der Waals surface area contributed by atoms with Crippen LogP contribution in [0.5, 0.6) is 11.8 Å². The monoisotopic (exact) mass is 229 g/mol. The molecule has 0 bridgehead atoms. The summed E-state index contributed by atoms with van der Waals surface area (Å²) in [5.41, 5.74) is 9.48. The minimum atomic E-state index is 0.344. The zero-order valence-corrected chi connectivity index (χ0v) is 10.2. The molecule has 1 aromatic carbocycles. The van der Waals surface area contributed by atoms with E-state index in [9.17, 15) is 0 Å². The molecular weight excluding hydrogens is 214 g/mol. The predicted molar refractivity (Wildman–Crippen MR) is 67.2 cm³/mol. The van der Waals surface area contributed by atoms with E-state index in [0.29, 0.717) is 17.4 Å². The molecule has 4 nitrogen and oxygen atoms in total. The van der Waals surface area contributed by atoms with E-state index in [1.807, 2.05) is 32.9 Å². The smallest absolute Gasteiger partial charge is 0.322 e. The Kier molecular flexibility index (Phi) is 2.95. The number of aryl methyl sites for hydroxylation is 3. The van der Waals surface area contributed by atoms with Gasteiger partial charge in [0.2, 0.25) is 0 Å². The molecule has 0 fully saturated rings. The minimum Gasteiger partial charge on any atom is -0.424 e. The summed E-state index contributed by atoms with van der Waals surface area (Å²) >= 11 is 0. The Morgan fingerprint density at radius 3 is 2.59 bits per heavy atom. The predicted octanol–water partition coefficient (Wildman–Crippen LogP) is 2.78. The van der Waals surface area contributed by atoms with Crippen LogP contribution in [0.3, 0.4) is 0 Å². The number of hydrogen-bond acceptors (Lipinski definition) is 4. The number of rotatable bonds is 2. The van der Waals surface area contributed by atoms with Crippen molar-refractivity contribution in [3.63, 3.8) is 0 Å². The molecule has 1 aromatic heterocycles. The molecule has 1 heterocycles. The highest BCUT2D eigenvalue weighted by molar-refractivity contribution is 5.54. The number of aromatic nitrogens is 2. The van der Waals surface area contributed by atoms with Crippen molar-refractivity contribution < 1.29 is 4.74 Å². The molecule has 0 saturated heterocycles. The average molecular weight is 229 g/mol. The van der Waals surface area contributed by atoms with Gasteiger partial charge in [-0.15, -0.1) is 0 Å². The standard InChI is InChI=1S/C13H15N3O/c1-8-6-9(2)12(7-11(8)14)17-13-15-5-4-10(3)16-13/h4-7H,14H2,1-3H3. The van der Waals surface area contributed by atoms with Gasteiger partial charge in [0, 0.05) is 23.6 Å². The highest BCUT2D eigenvalue weighted by Crippen LogP contribution is 2.27. The Hall–Kier alpha value is -2.10. The maximum Gasteiger partial charge on any atom is 0.322 e. The van der Waals surface area contributed by atoms with Gasteiger partial charge in [-0.1, -0.05) is 6.07 Å². The van der Waals surface area contributed by atoms with Crippen LogP contribution in [0.25, 0.3) is 0 Å². The molecular formula is C13H15N3O. The fraction of sp³-hybridized carbons (Fsp3) is 0.231. The van der Waals surface area contributed by atoms with Gasteiger partial charge in [-0.3, -0.25) is 0 Å². The Balaban J connectivity index is 2.33. The second-order valence-electron chi connectivity index (χ2n) is 4.06. The van der Waals surface area contributed by atoms with Gasteiger partial charge in [-0.05, 0) is 38.0 Å². The van der Waals surface area contributed by atoms with Crippen molar-refractivity contribution in [2.24, 2.45) is 0 Å². The number of hydrogen-bond donors (Lipinski definition) is 1. The molecule has 0 aliphatic heterocycles. The van der Waals surface area contributed by atoms with E-state index in [1.54, 1.807) is 12.3 Å². The van der Waals surface area contributed by atoms with E-state index in [-0.39, 0.29) is 0 Å². The molecule has 4 heteroatoms. The topological polar surface area (TPSA) is 61.0 Å². The van der Waals surface area contributed by atoms with Crippen LogP contribution in [-0.4, -0.2) is 9.97 Å². The van der Waals surface area contributed by atoms with Gasteiger partial charge in [-0.25, -0.2) is 9.97 Å². The van der Waals surface area contributed by atoms with E-state index in [0.717, 1.165) is 16.8 Å². The van der Waals surface area contributed by atoms with Crippen LogP contribution < -0.4 is 10.5 Å². The van der Waals surface area contributed by atoms with Crippen molar-refractivity contribution in [2.45, 2.75) is 20.8 Å². The van der Waals surface area contributed by atoms with Crippen molar-refractivity contribution in [1.29, 1.82) is 0 Å². The van der Waals surface area contributed by atoms with Crippen LogP contribution in [-0.2, 0) is 0 Å². The third-order valence-corrected chi connectivity index (χ3v) is 2.54. The van der Waals surface area contributed by atoms with Crippen LogP contribution in [0.1, 0.15) is 16.8 Å². The van der Waals surface area contributed by atoms with E-state index in [4.69, 9.17) is 10.5 Å². The summed E-state index contributed by atoms with van der Waals surface area (Å²) in [4.78, 5) is 8.24. The van der Waals surface area contributed by atoms with Crippen molar-refractivity contribution in [3.05, 3.63) is 41.2 Å². The van der Waals surface area contributed by atoms with Crippen LogP contribution in [0.15, 0.2) is 24.4 Å². The number of anilines is 1. The van der Waals surface area contributed by atoms with Gasteiger partial charge >= 0.3 is 6.01 Å². The molecule has 0 radical (unpaired) electrons. The third-order valence-electron chi connectivity index (χ3n) is 2.54. The first kappa shape index (κ1) is 11.4. The normalized spacial score (nSPS) is 10.3. The summed E-state index contributed by atoms with van der Waals surface area (Å²) in [6.45, 7) is 5.83. The lowest BCUT2D eigenvalue weighted by molar-refractivity contribution is 0.437. The number of nitrogen functional groups attached to an aromatic ring is 1. The molecule has 0 unspecified atom stereocenters. The van der Waals surface area contributed by atoms with Gasteiger partial charge in [0.15, 0.2) is 0 Å². The van der Waals surface area contributed by atoms with Crippen LogP contribution in [0.2, 0.25) is 0 Å². The number of ether oxygens (including phenoxy) is 1. The van der Waals surface area contributed by atoms with Gasteiger partial charge in [0.1, 0.15) is 5.75 Å². The van der Waals surface area contributed by atoms with E-state index >= 15 is 0 Å². The zero-order chi connectivity index (χ0) is 12.4. The van der Waals surface area contributed by atoms with Gasteiger partial charge < -0.3 is 10.5 Å². The third kappa shape index (κ3) is 2.53. The summed E-state index contributed by atoms with van der Waals surface area (Å²) in [5.74, 6) is 0.693. The second-order valence-corrected chi connectivity index (χ2v) is 4.06. The average Bonchev–Trinajstić information content (AvgIpc) is 2.26. The maximum atomic E-state index is 5.85. The van der Waals surface area contributed by atoms with Crippen molar-refractivity contribution in [3.8, 4) is 11.8 Å². The fourth-order valence-electron chi connectivity index (χ4n) is 1.53. The molecule has 0 aliphatic carbocycles. The van der Waals surface area contributed by atoms with E-state index < -0.39 is 0 Å². The maximum absolute atomic E-state index is 5.85. The van der Waals surface area contributed by atoms with E-state index in [2.05, 4.69) is 9.97 Å². The first-order valence-electron chi connectivity index (χ1n) is 5.40. The largest absolute Gasteiger partial charge is 0.424 e. The Bertz CT molecular complexity index is 552. The van der Waals surface area contributed by atoms with Crippen LogP contribution >= 0.6 is 0 Å². The van der Waals surface area contributed by atoms with Crippen molar-refractivity contribution in [2.75, 3.05) is 5.73 Å². The molecule has 0 amide bonds. The number of benzene rings is 1. The first-order valence-corrected chi connectivity index (χ1v) is 5.40. The molecule has 0 saturated carbocycles. The first-order chi connectivity index (χ1) is 8.06. The van der Waals surface area contributed by atoms with Gasteiger partial charge in [-0.2, -0.15) is 0 Å². The molecule has 0 spiro atoms. The molecule has 2 rings (SSSR count). The minimum absolute atomic E-state index is 0.344. The van der Waals surface area contributed by atoms with Crippen molar-refractivity contribution in [1.82, 2.24) is 9.97 Å². The highest BCUT2D eigenvalue weighted by atomic mass is 16.5. The second kappa shape index (κ2) is 4.41. The highest BCUT2D eigenvalue weighted by Gasteiger charge is 2.06. The molecule has 88 valence electrons. The summed E-state index contributed by atoms with van der Waals surface area (Å²) in [6.07, 6.45) is 1.67. The molecule has 0 atom stereocenters. The molecule has 17 heavy (non-hydrogen) atoms. The quantitative estimate of drug-likeness (QED) is 0.804. The Morgan fingerprint density at radius 2 is 1.88 bits per heavy atom. The fourth-order valence-corrected chi connectivity index (χ4v) is 1.53. The summed E-state index contributed by atoms with van der Waals surface area (Å²) in [7, 11) is 0. The van der Waals surface area contributed by atoms with Gasteiger partial charge in [0.05, 0.1) is 0 Å². The lowest BCUT2D eigenvalue weighted by Crippen LogP contribution is -1.97. The molecule has 2 aromatic rings. The van der Waals surface area contributed by atoms with Crippen LogP contribution in [0.4, 0.5) is 5.69 Å². The lowest BCUT2D eigenvalue weighted by Gasteiger charge is -2.09. The Morgan fingerprint density at radius 1 is 1.12 bits per heavy atom. The number of nitrogens with two attached hydrogens (primary N) is 1. The number of nitrogens with zero attached hydrogens (tertiary/aromatic N) is 2. The molecule has 2 N–H and O–H groups in total. The summed E-state index contributed by atoms with van der Waals surface area (Å²) in [6, 6.07) is 5.95. The summed E-state index contributed by atoms with van der Waals surface area (Å²) in [5, 5.41) is 0. The Labute approximate surface area is 100 Å². The lowest BCUT2D eigenvalue weighted by atomic mass is 10.1. The zero-order valence-electron chi connectivity index (χ0n) is 10.2.